The monoisotopic (exact) mass is 281 g/mol. The molecule has 3 nitrogen and oxygen atoms in total. The van der Waals surface area contributed by atoms with Gasteiger partial charge in [-0.15, -0.1) is 0 Å². The predicted octanol–water partition coefficient (Wildman–Crippen LogP) is 2.09. The maximum Gasteiger partial charge on any atom is 0.0787 e. The minimum absolute atomic E-state index is 0.0712. The number of hydrogen-bond acceptors (Lipinski definition) is 4. The number of thioether (sulfide) groups is 1. The number of aliphatic hydroxyl groups excluding tert-OH is 1. The summed E-state index contributed by atoms with van der Waals surface area (Å²) in [6.45, 7) is 2.80. The highest BCUT2D eigenvalue weighted by Gasteiger charge is 2.29. The van der Waals surface area contributed by atoms with Gasteiger partial charge in [-0.3, -0.25) is 0 Å². The molecule has 1 unspecified atom stereocenters. The van der Waals surface area contributed by atoms with Crippen LogP contribution in [0.1, 0.15) is 36.9 Å². The third-order valence-corrected chi connectivity index (χ3v) is 4.78. The standard InChI is InChI=1S/C15H23NO2S/c1-12(14-4-2-3-13(9-14)10-17)16-11-15(18)5-7-19-8-6-15/h2-4,9,12,16-18H,5-8,10-11H2,1H3. The van der Waals surface area contributed by atoms with Crippen LogP contribution in [0, 0.1) is 0 Å². The third-order valence-electron chi connectivity index (χ3n) is 3.79. The van der Waals surface area contributed by atoms with Crippen molar-refractivity contribution in [3.63, 3.8) is 0 Å². The van der Waals surface area contributed by atoms with E-state index in [4.69, 9.17) is 5.11 Å². The van der Waals surface area contributed by atoms with E-state index in [0.29, 0.717) is 6.54 Å². The van der Waals surface area contributed by atoms with Crippen LogP contribution in [-0.4, -0.2) is 33.9 Å². The number of benzene rings is 1. The van der Waals surface area contributed by atoms with E-state index in [2.05, 4.69) is 18.3 Å². The molecule has 4 heteroatoms. The second-order valence-electron chi connectivity index (χ2n) is 5.34. The molecule has 1 aromatic carbocycles. The Bertz CT molecular complexity index is 405. The van der Waals surface area contributed by atoms with Gasteiger partial charge in [-0.1, -0.05) is 24.3 Å². The van der Waals surface area contributed by atoms with Crippen LogP contribution in [0.3, 0.4) is 0 Å². The maximum atomic E-state index is 10.5. The molecule has 0 aliphatic carbocycles. The smallest absolute Gasteiger partial charge is 0.0787 e. The first-order valence-corrected chi connectivity index (χ1v) is 8.02. The van der Waals surface area contributed by atoms with Crippen LogP contribution in [0.5, 0.6) is 0 Å². The van der Waals surface area contributed by atoms with Crippen LogP contribution in [-0.2, 0) is 6.61 Å². The molecule has 1 fully saturated rings. The number of rotatable bonds is 5. The van der Waals surface area contributed by atoms with Crippen LogP contribution in [0.15, 0.2) is 24.3 Å². The fourth-order valence-corrected chi connectivity index (χ4v) is 3.60. The van der Waals surface area contributed by atoms with E-state index >= 15 is 0 Å². The SMILES string of the molecule is CC(NCC1(O)CCSCC1)c1cccc(CO)c1. The van der Waals surface area contributed by atoms with Crippen LogP contribution in [0.25, 0.3) is 0 Å². The van der Waals surface area contributed by atoms with E-state index in [1.807, 2.05) is 30.0 Å². The molecule has 0 spiro atoms. The first-order valence-electron chi connectivity index (χ1n) is 6.86. The molecule has 0 bridgehead atoms. The first-order chi connectivity index (χ1) is 9.13. The van der Waals surface area contributed by atoms with Crippen molar-refractivity contribution in [2.24, 2.45) is 0 Å². The lowest BCUT2D eigenvalue weighted by atomic mass is 9.96. The van der Waals surface area contributed by atoms with Gasteiger partial charge in [-0.25, -0.2) is 0 Å². The molecule has 3 N–H and O–H groups in total. The van der Waals surface area contributed by atoms with Gasteiger partial charge in [0.1, 0.15) is 0 Å². The maximum absolute atomic E-state index is 10.5. The molecule has 1 heterocycles. The highest BCUT2D eigenvalue weighted by molar-refractivity contribution is 7.99. The second-order valence-corrected chi connectivity index (χ2v) is 6.57. The molecular weight excluding hydrogens is 258 g/mol. The second kappa shape index (κ2) is 6.75. The summed E-state index contributed by atoms with van der Waals surface area (Å²) >= 11 is 1.92. The van der Waals surface area contributed by atoms with Crippen LogP contribution in [0.4, 0.5) is 0 Å². The Labute approximate surface area is 119 Å². The van der Waals surface area contributed by atoms with Gasteiger partial charge in [0.15, 0.2) is 0 Å². The van der Waals surface area contributed by atoms with Crippen molar-refractivity contribution < 1.29 is 10.2 Å². The zero-order valence-electron chi connectivity index (χ0n) is 11.4. The largest absolute Gasteiger partial charge is 0.392 e. The number of hydrogen-bond donors (Lipinski definition) is 3. The minimum atomic E-state index is -0.548. The molecule has 0 radical (unpaired) electrons. The van der Waals surface area contributed by atoms with E-state index in [1.165, 1.54) is 0 Å². The van der Waals surface area contributed by atoms with Gasteiger partial charge in [0.25, 0.3) is 0 Å². The Hall–Kier alpha value is -0.550. The third kappa shape index (κ3) is 4.21. The molecular formula is C15H23NO2S. The first kappa shape index (κ1) is 14.9. The van der Waals surface area contributed by atoms with Crippen molar-refractivity contribution in [2.45, 2.75) is 38.0 Å². The van der Waals surface area contributed by atoms with E-state index < -0.39 is 5.60 Å². The van der Waals surface area contributed by atoms with Gasteiger partial charge in [0.2, 0.25) is 0 Å². The lowest BCUT2D eigenvalue weighted by Crippen LogP contribution is -2.44. The van der Waals surface area contributed by atoms with Gasteiger partial charge in [-0.05, 0) is 42.4 Å². The molecule has 1 aliphatic rings. The lowest BCUT2D eigenvalue weighted by Gasteiger charge is -2.33. The van der Waals surface area contributed by atoms with Gasteiger partial charge in [-0.2, -0.15) is 11.8 Å². The molecule has 1 aliphatic heterocycles. The average Bonchev–Trinajstić information content (AvgIpc) is 2.46. The van der Waals surface area contributed by atoms with Gasteiger partial charge in [0, 0.05) is 12.6 Å². The zero-order chi connectivity index (χ0) is 13.7. The molecule has 1 atom stereocenters. The van der Waals surface area contributed by atoms with Crippen LogP contribution < -0.4 is 5.32 Å². The van der Waals surface area contributed by atoms with Crippen molar-refractivity contribution >= 4 is 11.8 Å². The van der Waals surface area contributed by atoms with Gasteiger partial charge in [0.05, 0.1) is 12.2 Å². The molecule has 0 saturated carbocycles. The summed E-state index contributed by atoms with van der Waals surface area (Å²) in [6.07, 6.45) is 1.74. The summed E-state index contributed by atoms with van der Waals surface area (Å²) in [5.74, 6) is 2.10. The van der Waals surface area contributed by atoms with E-state index in [0.717, 1.165) is 35.5 Å². The Morgan fingerprint density at radius 1 is 1.37 bits per heavy atom. The molecule has 0 amide bonds. The highest BCUT2D eigenvalue weighted by atomic mass is 32.2. The minimum Gasteiger partial charge on any atom is -0.392 e. The zero-order valence-corrected chi connectivity index (χ0v) is 12.2. The lowest BCUT2D eigenvalue weighted by molar-refractivity contribution is 0.0300. The Kier molecular flexibility index (Phi) is 5.28. The van der Waals surface area contributed by atoms with E-state index in [1.54, 1.807) is 0 Å². The Morgan fingerprint density at radius 3 is 2.79 bits per heavy atom. The topological polar surface area (TPSA) is 52.5 Å². The van der Waals surface area contributed by atoms with Crippen molar-refractivity contribution in [2.75, 3.05) is 18.1 Å². The fraction of sp³-hybridized carbons (Fsp3) is 0.600. The summed E-state index contributed by atoms with van der Waals surface area (Å²) in [5.41, 5.74) is 1.54. The molecule has 1 saturated heterocycles. The Morgan fingerprint density at radius 2 is 2.11 bits per heavy atom. The number of nitrogens with one attached hydrogen (secondary N) is 1. The summed E-state index contributed by atoms with van der Waals surface area (Å²) < 4.78 is 0. The summed E-state index contributed by atoms with van der Waals surface area (Å²) in [7, 11) is 0. The molecule has 106 valence electrons. The summed E-state index contributed by atoms with van der Waals surface area (Å²) in [4.78, 5) is 0. The summed E-state index contributed by atoms with van der Waals surface area (Å²) in [6, 6.07) is 8.13. The van der Waals surface area contributed by atoms with Gasteiger partial charge < -0.3 is 15.5 Å². The number of aliphatic hydroxyl groups is 2. The van der Waals surface area contributed by atoms with E-state index in [-0.39, 0.29) is 12.6 Å². The van der Waals surface area contributed by atoms with Crippen molar-refractivity contribution in [1.29, 1.82) is 0 Å². The highest BCUT2D eigenvalue weighted by Crippen LogP contribution is 2.27. The van der Waals surface area contributed by atoms with Crippen LogP contribution in [0.2, 0.25) is 0 Å². The molecule has 1 aromatic rings. The predicted molar refractivity (Wildman–Crippen MR) is 80.3 cm³/mol. The molecule has 19 heavy (non-hydrogen) atoms. The van der Waals surface area contributed by atoms with Crippen molar-refractivity contribution in [3.8, 4) is 0 Å². The average molecular weight is 281 g/mol. The van der Waals surface area contributed by atoms with Gasteiger partial charge >= 0.3 is 0 Å². The van der Waals surface area contributed by atoms with Crippen molar-refractivity contribution in [3.05, 3.63) is 35.4 Å². The van der Waals surface area contributed by atoms with E-state index in [9.17, 15) is 5.11 Å². The molecule has 0 aromatic heterocycles. The van der Waals surface area contributed by atoms with Crippen molar-refractivity contribution in [1.82, 2.24) is 5.32 Å². The Balaban J connectivity index is 1.91. The fourth-order valence-electron chi connectivity index (χ4n) is 2.35. The van der Waals surface area contributed by atoms with Crippen LogP contribution >= 0.6 is 11.8 Å². The summed E-state index contributed by atoms with van der Waals surface area (Å²) in [5, 5.41) is 23.0. The quantitative estimate of drug-likeness (QED) is 0.773. The normalized spacial score (nSPS) is 20.2. The molecule has 2 rings (SSSR count).